The molecule has 1 heterocycles. The fourth-order valence-corrected chi connectivity index (χ4v) is 3.24. The molecule has 0 radical (unpaired) electrons. The number of amides is 1. The number of aromatic amines is 1. The van der Waals surface area contributed by atoms with Gasteiger partial charge in [-0.05, 0) is 31.2 Å². The number of carbonyl (C=O) groups excluding carboxylic acids is 1. The summed E-state index contributed by atoms with van der Waals surface area (Å²) in [5, 5.41) is 10.9. The van der Waals surface area contributed by atoms with E-state index in [-0.39, 0.29) is 11.7 Å². The van der Waals surface area contributed by atoms with Gasteiger partial charge < -0.3 is 10.1 Å². The minimum atomic E-state index is -0.231. The molecule has 0 spiro atoms. The molecule has 2 N–H and O–H groups in total. The van der Waals surface area contributed by atoms with Crippen LogP contribution in [0.25, 0.3) is 11.4 Å². The van der Waals surface area contributed by atoms with E-state index in [2.05, 4.69) is 20.5 Å². The molecule has 0 atom stereocenters. The molecular formula is C18H16Cl2N4O2S. The Hall–Kier alpha value is -2.22. The molecule has 1 aromatic heterocycles. The van der Waals surface area contributed by atoms with Crippen LogP contribution in [-0.4, -0.2) is 33.4 Å². The molecule has 0 fully saturated rings. The van der Waals surface area contributed by atoms with E-state index in [9.17, 15) is 4.79 Å². The van der Waals surface area contributed by atoms with E-state index < -0.39 is 0 Å². The van der Waals surface area contributed by atoms with Crippen LogP contribution >= 0.6 is 35.0 Å². The van der Waals surface area contributed by atoms with Crippen molar-refractivity contribution in [2.24, 2.45) is 0 Å². The molecule has 3 aromatic rings. The van der Waals surface area contributed by atoms with Crippen molar-refractivity contribution in [3.05, 3.63) is 52.5 Å². The second kappa shape index (κ2) is 9.12. The standard InChI is InChI=1S/C18H16Cl2N4O2S/c1-2-26-14-9-4-3-6-11(14)17-22-18(24-23-17)27-10-15(25)21-13-8-5-7-12(19)16(13)20/h3-9H,2,10H2,1H3,(H,21,25)(H,22,23,24). The number of rotatable bonds is 7. The number of benzene rings is 2. The van der Waals surface area contributed by atoms with Crippen LogP contribution in [0.4, 0.5) is 5.69 Å². The van der Waals surface area contributed by atoms with Gasteiger partial charge in [0.25, 0.3) is 0 Å². The number of hydrogen-bond acceptors (Lipinski definition) is 5. The first-order valence-electron chi connectivity index (χ1n) is 8.09. The summed E-state index contributed by atoms with van der Waals surface area (Å²) in [6.07, 6.45) is 0. The highest BCUT2D eigenvalue weighted by Gasteiger charge is 2.13. The lowest BCUT2D eigenvalue weighted by Gasteiger charge is -2.07. The number of nitrogens with zero attached hydrogens (tertiary/aromatic N) is 2. The first kappa shape index (κ1) is 19.5. The molecule has 27 heavy (non-hydrogen) atoms. The molecule has 0 saturated heterocycles. The van der Waals surface area contributed by atoms with Gasteiger partial charge in [0.1, 0.15) is 5.75 Å². The maximum atomic E-state index is 12.1. The fraction of sp³-hybridized carbons (Fsp3) is 0.167. The molecule has 0 aliphatic heterocycles. The van der Waals surface area contributed by atoms with E-state index in [4.69, 9.17) is 27.9 Å². The number of aromatic nitrogens is 3. The SMILES string of the molecule is CCOc1ccccc1-c1nc(SCC(=O)Nc2cccc(Cl)c2Cl)n[nH]1. The lowest BCUT2D eigenvalue weighted by molar-refractivity contribution is -0.113. The first-order valence-corrected chi connectivity index (χ1v) is 9.84. The number of ether oxygens (including phenoxy) is 1. The van der Waals surface area contributed by atoms with Crippen molar-refractivity contribution in [3.63, 3.8) is 0 Å². The highest BCUT2D eigenvalue weighted by molar-refractivity contribution is 7.99. The van der Waals surface area contributed by atoms with Crippen LogP contribution in [0.2, 0.25) is 10.0 Å². The second-order valence-corrected chi connectivity index (χ2v) is 7.06. The Morgan fingerprint density at radius 1 is 1.22 bits per heavy atom. The predicted molar refractivity (Wildman–Crippen MR) is 109 cm³/mol. The van der Waals surface area contributed by atoms with Gasteiger partial charge in [0, 0.05) is 0 Å². The summed E-state index contributed by atoms with van der Waals surface area (Å²) in [4.78, 5) is 16.6. The quantitative estimate of drug-likeness (QED) is 0.528. The Balaban J connectivity index is 1.63. The van der Waals surface area contributed by atoms with E-state index >= 15 is 0 Å². The average molecular weight is 423 g/mol. The predicted octanol–water partition coefficient (Wildman–Crippen LogP) is 4.91. The molecule has 0 aliphatic carbocycles. The minimum absolute atomic E-state index is 0.132. The summed E-state index contributed by atoms with van der Waals surface area (Å²) >= 11 is 13.2. The molecule has 0 bridgehead atoms. The third-order valence-corrected chi connectivity index (χ3v) is 5.13. The van der Waals surface area contributed by atoms with Crippen molar-refractivity contribution in [2.45, 2.75) is 12.1 Å². The second-order valence-electron chi connectivity index (χ2n) is 5.33. The minimum Gasteiger partial charge on any atom is -0.493 e. The third-order valence-electron chi connectivity index (χ3n) is 3.46. The number of H-pyrrole nitrogens is 1. The van der Waals surface area contributed by atoms with Gasteiger partial charge >= 0.3 is 0 Å². The molecule has 0 aliphatic rings. The Morgan fingerprint density at radius 2 is 2.04 bits per heavy atom. The van der Waals surface area contributed by atoms with Crippen LogP contribution in [0.1, 0.15) is 6.92 Å². The Labute approximate surface area is 170 Å². The highest BCUT2D eigenvalue weighted by atomic mass is 35.5. The van der Waals surface area contributed by atoms with E-state index in [1.54, 1.807) is 18.2 Å². The van der Waals surface area contributed by atoms with Crippen molar-refractivity contribution >= 4 is 46.6 Å². The van der Waals surface area contributed by atoms with Crippen LogP contribution in [0, 0.1) is 0 Å². The van der Waals surface area contributed by atoms with Crippen LogP contribution < -0.4 is 10.1 Å². The number of halogens is 2. The smallest absolute Gasteiger partial charge is 0.234 e. The lowest BCUT2D eigenvalue weighted by atomic mass is 10.2. The Bertz CT molecular complexity index is 949. The molecule has 0 saturated carbocycles. The summed E-state index contributed by atoms with van der Waals surface area (Å²) < 4.78 is 5.60. The zero-order valence-electron chi connectivity index (χ0n) is 14.3. The molecule has 2 aromatic carbocycles. The number of carbonyl (C=O) groups is 1. The molecule has 1 amide bonds. The van der Waals surface area contributed by atoms with Gasteiger partial charge in [0.2, 0.25) is 11.1 Å². The summed E-state index contributed by atoms with van der Waals surface area (Å²) in [5.41, 5.74) is 1.28. The number of hydrogen-bond donors (Lipinski definition) is 2. The summed E-state index contributed by atoms with van der Waals surface area (Å²) in [5.74, 6) is 1.21. The highest BCUT2D eigenvalue weighted by Crippen LogP contribution is 2.30. The normalized spacial score (nSPS) is 10.6. The van der Waals surface area contributed by atoms with Gasteiger partial charge in [-0.25, -0.2) is 4.98 Å². The zero-order valence-corrected chi connectivity index (χ0v) is 16.7. The van der Waals surface area contributed by atoms with E-state index in [1.165, 1.54) is 11.8 Å². The van der Waals surface area contributed by atoms with Gasteiger partial charge in [-0.15, -0.1) is 5.10 Å². The molecular weight excluding hydrogens is 407 g/mol. The summed E-state index contributed by atoms with van der Waals surface area (Å²) in [6, 6.07) is 12.6. The lowest BCUT2D eigenvalue weighted by Crippen LogP contribution is -2.14. The van der Waals surface area contributed by atoms with Crippen LogP contribution in [-0.2, 0) is 4.79 Å². The molecule has 0 unspecified atom stereocenters. The number of thioether (sulfide) groups is 1. The first-order chi connectivity index (χ1) is 13.1. The fourth-order valence-electron chi connectivity index (χ4n) is 2.29. The average Bonchev–Trinajstić information content (AvgIpc) is 3.13. The van der Waals surface area contributed by atoms with Gasteiger partial charge in [0.05, 0.1) is 33.7 Å². The Morgan fingerprint density at radius 3 is 2.85 bits per heavy atom. The largest absolute Gasteiger partial charge is 0.493 e. The van der Waals surface area contributed by atoms with Crippen molar-refractivity contribution in [3.8, 4) is 17.1 Å². The van der Waals surface area contributed by atoms with Crippen LogP contribution in [0.5, 0.6) is 5.75 Å². The number of para-hydroxylation sites is 1. The number of nitrogens with one attached hydrogen (secondary N) is 2. The maximum absolute atomic E-state index is 12.1. The van der Waals surface area contributed by atoms with Crippen molar-refractivity contribution in [2.75, 3.05) is 17.7 Å². The van der Waals surface area contributed by atoms with Gasteiger partial charge in [-0.2, -0.15) is 0 Å². The summed E-state index contributed by atoms with van der Waals surface area (Å²) in [7, 11) is 0. The van der Waals surface area contributed by atoms with Crippen LogP contribution in [0.3, 0.4) is 0 Å². The van der Waals surface area contributed by atoms with Crippen molar-refractivity contribution < 1.29 is 9.53 Å². The maximum Gasteiger partial charge on any atom is 0.234 e. The van der Waals surface area contributed by atoms with E-state index in [1.807, 2.05) is 31.2 Å². The van der Waals surface area contributed by atoms with E-state index in [0.29, 0.717) is 33.3 Å². The number of anilines is 1. The third kappa shape index (κ3) is 4.94. The Kier molecular flexibility index (Phi) is 6.60. The van der Waals surface area contributed by atoms with Gasteiger partial charge in [0.15, 0.2) is 5.82 Å². The molecule has 6 nitrogen and oxygen atoms in total. The molecule has 3 rings (SSSR count). The molecule has 140 valence electrons. The van der Waals surface area contributed by atoms with Crippen molar-refractivity contribution in [1.29, 1.82) is 0 Å². The summed E-state index contributed by atoms with van der Waals surface area (Å²) in [6.45, 7) is 2.47. The monoisotopic (exact) mass is 422 g/mol. The van der Waals surface area contributed by atoms with Crippen molar-refractivity contribution in [1.82, 2.24) is 15.2 Å². The topological polar surface area (TPSA) is 79.9 Å². The zero-order chi connectivity index (χ0) is 19.2. The van der Waals surface area contributed by atoms with Crippen LogP contribution in [0.15, 0.2) is 47.6 Å². The van der Waals surface area contributed by atoms with E-state index in [0.717, 1.165) is 11.3 Å². The molecule has 9 heteroatoms. The van der Waals surface area contributed by atoms with Gasteiger partial charge in [-0.3, -0.25) is 9.89 Å². The van der Waals surface area contributed by atoms with Gasteiger partial charge in [-0.1, -0.05) is 53.2 Å².